The third kappa shape index (κ3) is 10.6. The molecule has 4 amide bonds. The highest BCUT2D eigenvalue weighted by atomic mass is 16.4. The highest BCUT2D eigenvalue weighted by molar-refractivity contribution is 5.95. The van der Waals surface area contributed by atoms with Crippen molar-refractivity contribution in [3.05, 3.63) is 54.2 Å². The molecule has 0 aliphatic carbocycles. The summed E-state index contributed by atoms with van der Waals surface area (Å²) in [5.74, 6) is -4.35. The third-order valence-electron chi connectivity index (χ3n) is 6.94. The van der Waals surface area contributed by atoms with Crippen LogP contribution in [0.2, 0.25) is 0 Å². The standard InChI is InChI=1S/C28H39N11O6/c29-18(5-3-9-34-28(31)32)24(41)37-20(7-8-23(30)40)25(42)38-21(10-15-12-35-19-6-2-1-4-17(15)19)26(43)39-22(27(44)45)11-16-13-33-14-36-16/h1-2,4,6,12-14,18,20-22,35H,3,5,7-11,29H2,(H2,30,40)(H,33,36)(H,37,41)(H,38,42)(H,39,43)(H,44,45)(H4,31,32,34). The molecular formula is C28H39N11O6. The molecule has 2 heterocycles. The topological polar surface area (TPSA) is 303 Å². The van der Waals surface area contributed by atoms with Crippen LogP contribution >= 0.6 is 0 Å². The summed E-state index contributed by atoms with van der Waals surface area (Å²) in [6.45, 7) is 0.247. The van der Waals surface area contributed by atoms with Crippen molar-refractivity contribution in [2.75, 3.05) is 6.54 Å². The zero-order valence-electron chi connectivity index (χ0n) is 24.5. The Bertz CT molecular complexity index is 1500. The summed E-state index contributed by atoms with van der Waals surface area (Å²) in [5, 5.41) is 18.2. The van der Waals surface area contributed by atoms with Gasteiger partial charge in [-0.3, -0.25) is 24.2 Å². The van der Waals surface area contributed by atoms with Gasteiger partial charge in [0.2, 0.25) is 23.6 Å². The fraction of sp³-hybridized carbons (Fsp3) is 0.393. The number of aromatic amines is 2. The second kappa shape index (κ2) is 16.4. The number of aliphatic imine (C=N–C) groups is 1. The van der Waals surface area contributed by atoms with Gasteiger partial charge in [-0.1, -0.05) is 18.2 Å². The first-order chi connectivity index (χ1) is 21.4. The van der Waals surface area contributed by atoms with E-state index in [1.165, 1.54) is 12.5 Å². The average Bonchev–Trinajstić information content (AvgIpc) is 3.66. The quantitative estimate of drug-likeness (QED) is 0.0415. The van der Waals surface area contributed by atoms with Crippen LogP contribution in [0.3, 0.4) is 0 Å². The molecule has 1 aromatic carbocycles. The van der Waals surface area contributed by atoms with Crippen molar-refractivity contribution in [3.63, 3.8) is 0 Å². The van der Waals surface area contributed by atoms with Crippen LogP contribution in [0, 0.1) is 0 Å². The number of imidazole rings is 1. The number of hydrogen-bond donors (Lipinski definition) is 10. The van der Waals surface area contributed by atoms with Crippen LogP contribution < -0.4 is 38.9 Å². The molecule has 0 fully saturated rings. The molecule has 2 aromatic heterocycles. The number of guanidine groups is 1. The number of carboxylic acid groups (broad SMARTS) is 1. The van der Waals surface area contributed by atoms with Gasteiger partial charge in [0, 0.05) is 54.8 Å². The number of H-pyrrole nitrogens is 2. The van der Waals surface area contributed by atoms with Crippen molar-refractivity contribution < 1.29 is 29.1 Å². The molecule has 17 heteroatoms. The minimum atomic E-state index is -1.34. The summed E-state index contributed by atoms with van der Waals surface area (Å²) in [6.07, 6.45) is 4.55. The fourth-order valence-corrected chi connectivity index (χ4v) is 4.58. The van der Waals surface area contributed by atoms with Gasteiger partial charge in [0.1, 0.15) is 18.1 Å². The first kappa shape index (κ1) is 34.0. The molecule has 0 spiro atoms. The van der Waals surface area contributed by atoms with Crippen LogP contribution in [-0.4, -0.2) is 86.3 Å². The molecule has 3 aromatic rings. The highest BCUT2D eigenvalue weighted by Crippen LogP contribution is 2.19. The number of nitrogens with one attached hydrogen (secondary N) is 5. The number of nitrogens with two attached hydrogens (primary N) is 4. The summed E-state index contributed by atoms with van der Waals surface area (Å²) in [6, 6.07) is 2.39. The number of aliphatic carboxylic acids is 1. The molecule has 3 rings (SSSR count). The second-order valence-electron chi connectivity index (χ2n) is 10.4. The number of carbonyl (C=O) groups excluding carboxylic acids is 4. The molecule has 4 unspecified atom stereocenters. The van der Waals surface area contributed by atoms with Crippen LogP contribution in [0.1, 0.15) is 36.9 Å². The van der Waals surface area contributed by atoms with Crippen molar-refractivity contribution in [1.82, 2.24) is 30.9 Å². The van der Waals surface area contributed by atoms with Gasteiger partial charge in [-0.2, -0.15) is 0 Å². The first-order valence-corrected chi connectivity index (χ1v) is 14.2. The zero-order valence-corrected chi connectivity index (χ0v) is 24.5. The normalized spacial score (nSPS) is 13.6. The fourth-order valence-electron chi connectivity index (χ4n) is 4.58. The number of nitrogens with zero attached hydrogens (tertiary/aromatic N) is 2. The van der Waals surface area contributed by atoms with Crippen LogP contribution in [-0.2, 0) is 36.8 Å². The molecule has 0 aliphatic rings. The van der Waals surface area contributed by atoms with E-state index < -0.39 is 53.8 Å². The van der Waals surface area contributed by atoms with Crippen molar-refractivity contribution in [1.29, 1.82) is 0 Å². The van der Waals surface area contributed by atoms with Gasteiger partial charge in [-0.15, -0.1) is 0 Å². The highest BCUT2D eigenvalue weighted by Gasteiger charge is 2.31. The molecule has 242 valence electrons. The van der Waals surface area contributed by atoms with Crippen LogP contribution in [0.25, 0.3) is 10.9 Å². The average molecular weight is 626 g/mol. The Labute approximate surface area is 258 Å². The van der Waals surface area contributed by atoms with Gasteiger partial charge in [0.25, 0.3) is 0 Å². The van der Waals surface area contributed by atoms with Gasteiger partial charge < -0.3 is 54.0 Å². The SMILES string of the molecule is NC(=O)CCC(NC(=O)C(N)CCCN=C(N)N)C(=O)NC(Cc1c[nH]c2ccccc12)C(=O)NC(Cc1cnc[nH]1)C(=O)O. The van der Waals surface area contributed by atoms with Crippen molar-refractivity contribution in [2.45, 2.75) is 62.7 Å². The van der Waals surface area contributed by atoms with E-state index >= 15 is 0 Å². The maximum Gasteiger partial charge on any atom is 0.326 e. The lowest BCUT2D eigenvalue weighted by Crippen LogP contribution is -2.58. The summed E-state index contributed by atoms with van der Waals surface area (Å²) >= 11 is 0. The Morgan fingerprint density at radius 3 is 2.24 bits per heavy atom. The Balaban J connectivity index is 1.81. The summed E-state index contributed by atoms with van der Waals surface area (Å²) < 4.78 is 0. The van der Waals surface area contributed by atoms with Crippen LogP contribution in [0.15, 0.2) is 48.0 Å². The predicted molar refractivity (Wildman–Crippen MR) is 164 cm³/mol. The molecular weight excluding hydrogens is 586 g/mol. The number of primary amides is 1. The number of para-hydroxylation sites is 1. The number of carboxylic acids is 1. The molecule has 17 nitrogen and oxygen atoms in total. The molecule has 0 aliphatic heterocycles. The van der Waals surface area contributed by atoms with Crippen molar-refractivity contribution in [3.8, 4) is 0 Å². The maximum absolute atomic E-state index is 13.6. The number of aromatic nitrogens is 3. The second-order valence-corrected chi connectivity index (χ2v) is 10.4. The predicted octanol–water partition coefficient (Wildman–Crippen LogP) is -2.14. The maximum atomic E-state index is 13.6. The van der Waals surface area contributed by atoms with Gasteiger partial charge in [0.05, 0.1) is 12.4 Å². The van der Waals surface area contributed by atoms with E-state index in [4.69, 9.17) is 22.9 Å². The Morgan fingerprint density at radius 2 is 1.58 bits per heavy atom. The molecule has 0 saturated heterocycles. The van der Waals surface area contributed by atoms with Crippen molar-refractivity contribution >= 4 is 46.5 Å². The lowest BCUT2D eigenvalue weighted by molar-refractivity contribution is -0.142. The zero-order chi connectivity index (χ0) is 32.9. The molecule has 14 N–H and O–H groups in total. The first-order valence-electron chi connectivity index (χ1n) is 14.2. The minimum Gasteiger partial charge on any atom is -0.480 e. The number of hydrogen-bond acceptors (Lipinski definition) is 8. The molecule has 0 saturated carbocycles. The van der Waals surface area contributed by atoms with Gasteiger partial charge in [0.15, 0.2) is 5.96 Å². The third-order valence-corrected chi connectivity index (χ3v) is 6.94. The largest absolute Gasteiger partial charge is 0.480 e. The number of rotatable bonds is 18. The van der Waals surface area contributed by atoms with Crippen LogP contribution in [0.5, 0.6) is 0 Å². The number of amides is 4. The van der Waals surface area contributed by atoms with E-state index in [-0.39, 0.29) is 44.6 Å². The lowest BCUT2D eigenvalue weighted by Gasteiger charge is -2.25. The molecule has 4 atom stereocenters. The van der Waals surface area contributed by atoms with E-state index in [1.807, 2.05) is 24.3 Å². The van der Waals surface area contributed by atoms with Crippen molar-refractivity contribution in [2.24, 2.45) is 27.9 Å². The van der Waals surface area contributed by atoms with Gasteiger partial charge >= 0.3 is 5.97 Å². The van der Waals surface area contributed by atoms with E-state index in [0.29, 0.717) is 17.7 Å². The Kier molecular flexibility index (Phi) is 12.4. The number of benzene rings is 1. The Morgan fingerprint density at radius 1 is 0.889 bits per heavy atom. The van der Waals surface area contributed by atoms with Gasteiger partial charge in [-0.05, 0) is 30.9 Å². The Hall–Kier alpha value is -5.45. The molecule has 0 radical (unpaired) electrons. The molecule has 0 bridgehead atoms. The monoisotopic (exact) mass is 625 g/mol. The van der Waals surface area contributed by atoms with E-state index in [9.17, 15) is 29.1 Å². The van der Waals surface area contributed by atoms with Crippen LogP contribution in [0.4, 0.5) is 0 Å². The summed E-state index contributed by atoms with van der Waals surface area (Å²) in [5.41, 5.74) is 23.8. The minimum absolute atomic E-state index is 0.0290. The summed E-state index contributed by atoms with van der Waals surface area (Å²) in [4.78, 5) is 77.1. The lowest BCUT2D eigenvalue weighted by atomic mass is 10.0. The van der Waals surface area contributed by atoms with E-state index in [0.717, 1.165) is 10.9 Å². The van der Waals surface area contributed by atoms with Gasteiger partial charge in [-0.25, -0.2) is 9.78 Å². The molecule has 45 heavy (non-hydrogen) atoms. The number of carbonyl (C=O) groups is 5. The van der Waals surface area contributed by atoms with E-state index in [2.05, 4.69) is 35.9 Å². The number of fused-ring (bicyclic) bond motifs is 1. The summed E-state index contributed by atoms with van der Waals surface area (Å²) in [7, 11) is 0. The smallest absolute Gasteiger partial charge is 0.326 e. The van der Waals surface area contributed by atoms with E-state index in [1.54, 1.807) is 6.20 Å².